The number of fused-ring (bicyclic) bond motifs is 1. The molecule has 29 heavy (non-hydrogen) atoms. The molecule has 1 heterocycles. The maximum absolute atomic E-state index is 12.0. The Kier molecular flexibility index (Phi) is 8.37. The van der Waals surface area contributed by atoms with Crippen LogP contribution in [-0.4, -0.2) is 43.5 Å². The number of thiazole rings is 1. The minimum atomic E-state index is -0.393. The molecule has 0 aliphatic heterocycles. The van der Waals surface area contributed by atoms with E-state index in [9.17, 15) is 9.59 Å². The SMILES string of the molecule is C/C=C\C(=C/C)CN(C)c1ccc2nc(CC(=O)NCC(=O)NCC#N)sc2c1. The number of aromatic nitrogens is 1. The molecule has 8 heteroatoms. The summed E-state index contributed by atoms with van der Waals surface area (Å²) in [6.07, 6.45) is 6.33. The number of hydrogen-bond acceptors (Lipinski definition) is 6. The van der Waals surface area contributed by atoms with Gasteiger partial charge in [0.05, 0.1) is 29.3 Å². The van der Waals surface area contributed by atoms with Crippen LogP contribution in [0.4, 0.5) is 5.69 Å². The maximum atomic E-state index is 12.0. The Balaban J connectivity index is 2.00. The average Bonchev–Trinajstić information content (AvgIpc) is 3.11. The zero-order chi connectivity index (χ0) is 21.2. The molecular formula is C21H25N5O2S. The highest BCUT2D eigenvalue weighted by atomic mass is 32.1. The lowest BCUT2D eigenvalue weighted by molar-refractivity contribution is -0.125. The molecule has 0 spiro atoms. The third-order valence-electron chi connectivity index (χ3n) is 4.15. The van der Waals surface area contributed by atoms with Gasteiger partial charge >= 0.3 is 0 Å². The summed E-state index contributed by atoms with van der Waals surface area (Å²) in [6.45, 7) is 4.60. The lowest BCUT2D eigenvalue weighted by Crippen LogP contribution is -2.37. The van der Waals surface area contributed by atoms with Crippen molar-refractivity contribution >= 4 is 39.1 Å². The van der Waals surface area contributed by atoms with Gasteiger partial charge in [-0.3, -0.25) is 9.59 Å². The van der Waals surface area contributed by atoms with Gasteiger partial charge < -0.3 is 15.5 Å². The lowest BCUT2D eigenvalue weighted by Gasteiger charge is -2.20. The minimum Gasteiger partial charge on any atom is -0.370 e. The Morgan fingerprint density at radius 1 is 1.28 bits per heavy atom. The number of nitrogens with one attached hydrogen (secondary N) is 2. The van der Waals surface area contributed by atoms with Gasteiger partial charge in [-0.05, 0) is 37.6 Å². The van der Waals surface area contributed by atoms with E-state index in [-0.39, 0.29) is 25.4 Å². The van der Waals surface area contributed by atoms with E-state index >= 15 is 0 Å². The van der Waals surface area contributed by atoms with Gasteiger partial charge in [0, 0.05) is 19.3 Å². The molecule has 0 saturated carbocycles. The molecule has 2 N–H and O–H groups in total. The molecule has 2 rings (SSSR count). The summed E-state index contributed by atoms with van der Waals surface area (Å²) in [4.78, 5) is 30.2. The molecule has 0 unspecified atom stereocenters. The standard InChI is InChI=1S/C21H25N5O2S/c1-4-6-15(5-2)14-26(3)16-7-8-17-18(11-16)29-21(25-17)12-19(27)24-13-20(28)23-10-9-22/h4-8,11H,10,12-14H2,1-3H3,(H,23,28)(H,24,27)/b6-4-,15-5+. The number of carbonyl (C=O) groups is 2. The average molecular weight is 412 g/mol. The minimum absolute atomic E-state index is 0.0758. The highest BCUT2D eigenvalue weighted by Gasteiger charge is 2.12. The number of nitrogens with zero attached hydrogens (tertiary/aromatic N) is 3. The number of rotatable bonds is 9. The predicted octanol–water partition coefficient (Wildman–Crippen LogP) is 2.55. The van der Waals surface area contributed by atoms with Crippen LogP contribution in [0, 0.1) is 11.3 Å². The van der Waals surface area contributed by atoms with Gasteiger partial charge in [-0.15, -0.1) is 11.3 Å². The van der Waals surface area contributed by atoms with E-state index in [0.29, 0.717) is 5.01 Å². The summed E-state index contributed by atoms with van der Waals surface area (Å²) in [6, 6.07) is 7.87. The molecule has 1 aromatic carbocycles. The van der Waals surface area contributed by atoms with Crippen molar-refractivity contribution in [3.05, 3.63) is 47.0 Å². The first kappa shape index (κ1) is 22.1. The summed E-state index contributed by atoms with van der Waals surface area (Å²) in [5, 5.41) is 14.0. The van der Waals surface area contributed by atoms with E-state index in [1.807, 2.05) is 45.2 Å². The normalized spacial score (nSPS) is 11.4. The van der Waals surface area contributed by atoms with Gasteiger partial charge in [-0.1, -0.05) is 18.2 Å². The number of likely N-dealkylation sites (N-methyl/N-ethyl adjacent to an activating group) is 1. The van der Waals surface area contributed by atoms with Crippen molar-refractivity contribution < 1.29 is 9.59 Å². The molecule has 0 atom stereocenters. The summed E-state index contributed by atoms with van der Waals surface area (Å²) in [5.74, 6) is -0.673. The Morgan fingerprint density at radius 3 is 2.76 bits per heavy atom. The number of amides is 2. The van der Waals surface area contributed by atoms with Crippen molar-refractivity contribution in [1.29, 1.82) is 5.26 Å². The number of carbonyl (C=O) groups excluding carboxylic acids is 2. The van der Waals surface area contributed by atoms with Gasteiger partial charge in [0.25, 0.3) is 0 Å². The van der Waals surface area contributed by atoms with Gasteiger partial charge in [-0.25, -0.2) is 4.98 Å². The van der Waals surface area contributed by atoms with Crippen molar-refractivity contribution in [2.24, 2.45) is 0 Å². The first-order valence-electron chi connectivity index (χ1n) is 9.25. The van der Waals surface area contributed by atoms with E-state index < -0.39 is 5.91 Å². The quantitative estimate of drug-likeness (QED) is 0.488. The van der Waals surface area contributed by atoms with Gasteiger partial charge in [0.15, 0.2) is 0 Å². The fourth-order valence-corrected chi connectivity index (χ4v) is 3.67. The van der Waals surface area contributed by atoms with Crippen LogP contribution in [0.1, 0.15) is 18.9 Å². The lowest BCUT2D eigenvalue weighted by atomic mass is 10.2. The zero-order valence-corrected chi connectivity index (χ0v) is 17.7. The van der Waals surface area contributed by atoms with Crippen molar-refractivity contribution in [1.82, 2.24) is 15.6 Å². The number of anilines is 1. The van der Waals surface area contributed by atoms with Crippen LogP contribution in [0.25, 0.3) is 10.2 Å². The number of hydrogen-bond donors (Lipinski definition) is 2. The predicted molar refractivity (Wildman–Crippen MR) is 117 cm³/mol. The van der Waals surface area contributed by atoms with Crippen molar-refractivity contribution in [2.45, 2.75) is 20.3 Å². The Bertz CT molecular complexity index is 971. The van der Waals surface area contributed by atoms with Crippen LogP contribution in [0.2, 0.25) is 0 Å². The first-order valence-corrected chi connectivity index (χ1v) is 10.1. The molecule has 0 radical (unpaired) electrons. The van der Waals surface area contributed by atoms with Gasteiger partial charge in [0.2, 0.25) is 11.8 Å². The highest BCUT2D eigenvalue weighted by Crippen LogP contribution is 2.27. The molecule has 2 aromatic rings. The fourth-order valence-electron chi connectivity index (χ4n) is 2.67. The summed E-state index contributed by atoms with van der Waals surface area (Å²) < 4.78 is 1.01. The van der Waals surface area contributed by atoms with E-state index in [0.717, 1.165) is 22.4 Å². The van der Waals surface area contributed by atoms with Crippen LogP contribution in [0.5, 0.6) is 0 Å². The van der Waals surface area contributed by atoms with Crippen LogP contribution in [-0.2, 0) is 16.0 Å². The van der Waals surface area contributed by atoms with Crippen LogP contribution in [0.15, 0.2) is 42.0 Å². The topological polar surface area (TPSA) is 98.1 Å². The van der Waals surface area contributed by atoms with E-state index in [1.54, 1.807) is 0 Å². The molecule has 0 bridgehead atoms. The maximum Gasteiger partial charge on any atom is 0.240 e. The van der Waals surface area contributed by atoms with Crippen LogP contribution >= 0.6 is 11.3 Å². The molecule has 0 aliphatic rings. The Labute approximate surface area is 174 Å². The van der Waals surface area contributed by atoms with Crippen LogP contribution in [0.3, 0.4) is 0 Å². The van der Waals surface area contributed by atoms with E-state index in [1.165, 1.54) is 16.9 Å². The first-order chi connectivity index (χ1) is 14.0. The summed E-state index contributed by atoms with van der Waals surface area (Å²) >= 11 is 1.47. The largest absolute Gasteiger partial charge is 0.370 e. The molecule has 152 valence electrons. The van der Waals surface area contributed by atoms with E-state index in [4.69, 9.17) is 5.26 Å². The Hall–Kier alpha value is -3.18. The van der Waals surface area contributed by atoms with Crippen molar-refractivity contribution in [3.63, 3.8) is 0 Å². The second-order valence-corrected chi connectivity index (χ2v) is 7.48. The van der Waals surface area contributed by atoms with Gasteiger partial charge in [-0.2, -0.15) is 5.26 Å². The number of nitriles is 1. The Morgan fingerprint density at radius 2 is 2.07 bits per heavy atom. The molecule has 0 fully saturated rings. The molecule has 0 aliphatic carbocycles. The zero-order valence-electron chi connectivity index (χ0n) is 16.9. The molecule has 1 aromatic heterocycles. The summed E-state index contributed by atoms with van der Waals surface area (Å²) in [5.41, 5.74) is 3.16. The second kappa shape index (κ2) is 11.0. The third kappa shape index (κ3) is 6.73. The van der Waals surface area contributed by atoms with E-state index in [2.05, 4.69) is 38.7 Å². The summed E-state index contributed by atoms with van der Waals surface area (Å²) in [7, 11) is 2.04. The second-order valence-electron chi connectivity index (χ2n) is 6.37. The molecular weight excluding hydrogens is 386 g/mol. The molecule has 2 amide bonds. The van der Waals surface area contributed by atoms with Crippen LogP contribution < -0.4 is 15.5 Å². The number of allylic oxidation sites excluding steroid dienone is 2. The highest BCUT2D eigenvalue weighted by molar-refractivity contribution is 7.18. The van der Waals surface area contributed by atoms with Crippen molar-refractivity contribution in [2.75, 3.05) is 31.6 Å². The molecule has 0 saturated heterocycles. The smallest absolute Gasteiger partial charge is 0.240 e. The van der Waals surface area contributed by atoms with Gasteiger partial charge in [0.1, 0.15) is 11.6 Å². The molecule has 7 nitrogen and oxygen atoms in total. The third-order valence-corrected chi connectivity index (χ3v) is 5.17. The number of benzene rings is 1. The monoisotopic (exact) mass is 411 g/mol. The fraction of sp³-hybridized carbons (Fsp3) is 0.333. The van der Waals surface area contributed by atoms with Crippen molar-refractivity contribution in [3.8, 4) is 6.07 Å².